The van der Waals surface area contributed by atoms with Crippen LogP contribution in [-0.4, -0.2) is 48.2 Å². The van der Waals surface area contributed by atoms with Gasteiger partial charge >= 0.3 is 0 Å². The van der Waals surface area contributed by atoms with Crippen LogP contribution < -0.4 is 5.32 Å². The van der Waals surface area contributed by atoms with E-state index in [4.69, 9.17) is 0 Å². The molecule has 1 aliphatic carbocycles. The first-order valence-corrected chi connectivity index (χ1v) is 7.36. The molecule has 2 N–H and O–H groups in total. The maximum Gasteiger partial charge on any atom is 0.230 e. The number of aliphatic hydroxyl groups excluding tert-OH is 1. The first-order chi connectivity index (χ1) is 8.73. The Balaban J connectivity index is 2.11. The third-order valence-electron chi connectivity index (χ3n) is 4.74. The largest absolute Gasteiger partial charge is 0.395 e. The molecule has 1 aliphatic heterocycles. The van der Waals surface area contributed by atoms with Crippen molar-refractivity contribution in [3.8, 4) is 0 Å². The van der Waals surface area contributed by atoms with Crippen LogP contribution in [0.2, 0.25) is 0 Å². The van der Waals surface area contributed by atoms with E-state index in [1.54, 1.807) is 0 Å². The van der Waals surface area contributed by atoms with Crippen molar-refractivity contribution in [2.75, 3.05) is 26.2 Å². The van der Waals surface area contributed by atoms with E-state index in [1.165, 1.54) is 12.8 Å². The lowest BCUT2D eigenvalue weighted by molar-refractivity contribution is -0.144. The van der Waals surface area contributed by atoms with Gasteiger partial charge in [-0.25, -0.2) is 0 Å². The fourth-order valence-corrected chi connectivity index (χ4v) is 3.46. The Labute approximate surface area is 110 Å². The molecule has 0 radical (unpaired) electrons. The molecule has 1 saturated heterocycles. The van der Waals surface area contributed by atoms with Crippen LogP contribution in [0, 0.1) is 5.41 Å². The molecule has 4 heteroatoms. The molecule has 2 fully saturated rings. The number of hydrogen-bond acceptors (Lipinski definition) is 3. The average Bonchev–Trinajstić information content (AvgIpc) is 3.06. The number of rotatable bonds is 5. The van der Waals surface area contributed by atoms with E-state index in [0.29, 0.717) is 12.6 Å². The van der Waals surface area contributed by atoms with Crippen LogP contribution in [0.25, 0.3) is 0 Å². The van der Waals surface area contributed by atoms with Gasteiger partial charge in [0.2, 0.25) is 5.91 Å². The van der Waals surface area contributed by atoms with Crippen LogP contribution in [-0.2, 0) is 4.79 Å². The predicted molar refractivity (Wildman–Crippen MR) is 71.3 cm³/mol. The molecule has 0 spiro atoms. The van der Waals surface area contributed by atoms with Crippen LogP contribution in [0.4, 0.5) is 0 Å². The van der Waals surface area contributed by atoms with Crippen LogP contribution in [0.3, 0.4) is 0 Å². The maximum absolute atomic E-state index is 12.9. The van der Waals surface area contributed by atoms with Crippen molar-refractivity contribution in [1.29, 1.82) is 0 Å². The van der Waals surface area contributed by atoms with Crippen LogP contribution in [0.5, 0.6) is 0 Å². The molecule has 0 aromatic rings. The predicted octanol–water partition coefficient (Wildman–Crippen LogP) is 1.14. The molecule has 4 nitrogen and oxygen atoms in total. The Kier molecular flexibility index (Phi) is 4.62. The van der Waals surface area contributed by atoms with Gasteiger partial charge in [-0.2, -0.15) is 0 Å². The normalized spacial score (nSPS) is 28.8. The minimum absolute atomic E-state index is 0.0788. The molecular weight excluding hydrogens is 228 g/mol. The highest BCUT2D eigenvalue weighted by molar-refractivity contribution is 5.83. The lowest BCUT2D eigenvalue weighted by Gasteiger charge is -2.36. The molecule has 2 aliphatic rings. The standard InChI is InChI=1S/C14H26N2O2/c1-2-14(7-8-15-11-14)13(18)16(9-10-17)12-5-3-4-6-12/h12,15,17H,2-11H2,1H3. The fourth-order valence-electron chi connectivity index (χ4n) is 3.46. The van der Waals surface area contributed by atoms with Gasteiger partial charge in [-0.1, -0.05) is 19.8 Å². The molecule has 0 bridgehead atoms. The number of carbonyl (C=O) groups excluding carboxylic acids is 1. The Bertz CT molecular complexity index is 282. The van der Waals surface area contributed by atoms with E-state index < -0.39 is 0 Å². The summed E-state index contributed by atoms with van der Waals surface area (Å²) < 4.78 is 0. The number of nitrogens with one attached hydrogen (secondary N) is 1. The first kappa shape index (κ1) is 13.8. The Hall–Kier alpha value is -0.610. The van der Waals surface area contributed by atoms with Crippen molar-refractivity contribution in [1.82, 2.24) is 10.2 Å². The summed E-state index contributed by atoms with van der Waals surface area (Å²) in [7, 11) is 0. The summed E-state index contributed by atoms with van der Waals surface area (Å²) in [5, 5.41) is 12.6. The van der Waals surface area contributed by atoms with Crippen molar-refractivity contribution in [3.05, 3.63) is 0 Å². The number of nitrogens with zero attached hydrogens (tertiary/aromatic N) is 1. The lowest BCUT2D eigenvalue weighted by atomic mass is 9.82. The second kappa shape index (κ2) is 6.02. The number of amides is 1. The number of aliphatic hydroxyl groups is 1. The third kappa shape index (κ3) is 2.54. The Morgan fingerprint density at radius 1 is 1.44 bits per heavy atom. The van der Waals surface area contributed by atoms with Gasteiger partial charge < -0.3 is 15.3 Å². The SMILES string of the molecule is CCC1(C(=O)N(CCO)C2CCCC2)CCNC1. The van der Waals surface area contributed by atoms with Crippen molar-refractivity contribution in [2.24, 2.45) is 5.41 Å². The van der Waals surface area contributed by atoms with Crippen LogP contribution in [0.15, 0.2) is 0 Å². The summed E-state index contributed by atoms with van der Waals surface area (Å²) in [6.45, 7) is 4.44. The van der Waals surface area contributed by atoms with Gasteiger partial charge in [-0.15, -0.1) is 0 Å². The summed E-state index contributed by atoms with van der Waals surface area (Å²) in [5.41, 5.74) is -0.211. The maximum atomic E-state index is 12.9. The van der Waals surface area contributed by atoms with Gasteiger partial charge in [0.1, 0.15) is 0 Å². The lowest BCUT2D eigenvalue weighted by Crippen LogP contribution is -2.50. The van der Waals surface area contributed by atoms with Gasteiger partial charge in [-0.05, 0) is 32.2 Å². The number of carbonyl (C=O) groups is 1. The fraction of sp³-hybridized carbons (Fsp3) is 0.929. The second-order valence-corrected chi connectivity index (χ2v) is 5.72. The smallest absolute Gasteiger partial charge is 0.230 e. The van der Waals surface area contributed by atoms with Crippen LogP contribution in [0.1, 0.15) is 45.4 Å². The Morgan fingerprint density at radius 3 is 2.67 bits per heavy atom. The molecule has 1 saturated carbocycles. The summed E-state index contributed by atoms with van der Waals surface area (Å²) in [6.07, 6.45) is 6.50. The van der Waals surface area contributed by atoms with Gasteiger partial charge in [0.15, 0.2) is 0 Å². The molecule has 18 heavy (non-hydrogen) atoms. The third-order valence-corrected chi connectivity index (χ3v) is 4.74. The van der Waals surface area contributed by atoms with E-state index in [9.17, 15) is 9.90 Å². The molecule has 1 unspecified atom stereocenters. The molecule has 1 heterocycles. The topological polar surface area (TPSA) is 52.6 Å². The summed E-state index contributed by atoms with van der Waals surface area (Å²) in [6, 6.07) is 0.369. The monoisotopic (exact) mass is 254 g/mol. The molecule has 1 atom stereocenters. The molecule has 0 aromatic heterocycles. The van der Waals surface area contributed by atoms with Gasteiger partial charge in [0, 0.05) is 19.1 Å². The second-order valence-electron chi connectivity index (χ2n) is 5.72. The van der Waals surface area contributed by atoms with E-state index in [0.717, 1.165) is 38.8 Å². The minimum Gasteiger partial charge on any atom is -0.395 e. The van der Waals surface area contributed by atoms with Crippen molar-refractivity contribution in [2.45, 2.75) is 51.5 Å². The minimum atomic E-state index is -0.211. The highest BCUT2D eigenvalue weighted by Gasteiger charge is 2.43. The van der Waals surface area contributed by atoms with Gasteiger partial charge in [-0.3, -0.25) is 4.79 Å². The Morgan fingerprint density at radius 2 is 2.17 bits per heavy atom. The van der Waals surface area contributed by atoms with E-state index >= 15 is 0 Å². The molecular formula is C14H26N2O2. The van der Waals surface area contributed by atoms with Crippen molar-refractivity contribution >= 4 is 5.91 Å². The zero-order valence-electron chi connectivity index (χ0n) is 11.5. The van der Waals surface area contributed by atoms with Crippen molar-refractivity contribution in [3.63, 3.8) is 0 Å². The summed E-state index contributed by atoms with van der Waals surface area (Å²) in [5.74, 6) is 0.274. The van der Waals surface area contributed by atoms with Gasteiger partial charge in [0.25, 0.3) is 0 Å². The molecule has 0 aromatic carbocycles. The zero-order valence-corrected chi connectivity index (χ0v) is 11.5. The van der Waals surface area contributed by atoms with Crippen molar-refractivity contribution < 1.29 is 9.90 Å². The van der Waals surface area contributed by atoms with E-state index in [2.05, 4.69) is 12.2 Å². The highest BCUT2D eigenvalue weighted by atomic mass is 16.3. The van der Waals surface area contributed by atoms with E-state index in [-0.39, 0.29) is 17.9 Å². The molecule has 2 rings (SSSR count). The summed E-state index contributed by atoms with van der Waals surface area (Å²) in [4.78, 5) is 14.8. The highest BCUT2D eigenvalue weighted by Crippen LogP contribution is 2.34. The zero-order chi connectivity index (χ0) is 13.0. The van der Waals surface area contributed by atoms with E-state index in [1.807, 2.05) is 4.90 Å². The first-order valence-electron chi connectivity index (χ1n) is 7.36. The quantitative estimate of drug-likeness (QED) is 0.773. The number of hydrogen-bond donors (Lipinski definition) is 2. The molecule has 104 valence electrons. The van der Waals surface area contributed by atoms with Crippen LogP contribution >= 0.6 is 0 Å². The molecule has 1 amide bonds. The summed E-state index contributed by atoms with van der Waals surface area (Å²) >= 11 is 0. The average molecular weight is 254 g/mol. The van der Waals surface area contributed by atoms with Gasteiger partial charge in [0.05, 0.1) is 12.0 Å².